The van der Waals surface area contributed by atoms with E-state index in [0.717, 1.165) is 28.5 Å². The number of aliphatic hydroxyl groups excluding tert-OH is 1. The molecule has 1 unspecified atom stereocenters. The quantitative estimate of drug-likeness (QED) is 0.732. The fourth-order valence-corrected chi connectivity index (χ4v) is 3.06. The Labute approximate surface area is 127 Å². The van der Waals surface area contributed by atoms with E-state index in [9.17, 15) is 0 Å². The Bertz CT molecular complexity index is 687. The molecular weight excluding hydrogens is 284 g/mol. The van der Waals surface area contributed by atoms with Gasteiger partial charge in [-0.1, -0.05) is 12.1 Å². The molecule has 0 aliphatic rings. The van der Waals surface area contributed by atoms with Gasteiger partial charge in [0.25, 0.3) is 0 Å². The first-order chi connectivity index (χ1) is 10.3. The second kappa shape index (κ2) is 6.39. The van der Waals surface area contributed by atoms with Gasteiger partial charge < -0.3 is 14.8 Å². The lowest BCUT2D eigenvalue weighted by Crippen LogP contribution is -2.26. The van der Waals surface area contributed by atoms with Gasteiger partial charge in [-0.3, -0.25) is 0 Å². The van der Waals surface area contributed by atoms with Crippen molar-refractivity contribution in [3.8, 4) is 10.8 Å². The third-order valence-electron chi connectivity index (χ3n) is 3.35. The van der Waals surface area contributed by atoms with Crippen LogP contribution in [0.3, 0.4) is 0 Å². The first-order valence-corrected chi connectivity index (χ1v) is 7.87. The molecule has 0 fully saturated rings. The number of hydrogen-bond acceptors (Lipinski definition) is 5. The maximum atomic E-state index is 8.89. The average Bonchev–Trinajstić information content (AvgIpc) is 3.11. The fourth-order valence-electron chi connectivity index (χ4n) is 2.14. The number of para-hydroxylation sites is 1. The lowest BCUT2D eigenvalue weighted by molar-refractivity contribution is 0.267. The summed E-state index contributed by atoms with van der Waals surface area (Å²) in [4.78, 5) is 4.59. The van der Waals surface area contributed by atoms with E-state index in [1.54, 1.807) is 11.3 Å². The maximum Gasteiger partial charge on any atom is 0.163 e. The normalized spacial score (nSPS) is 12.9. The topological polar surface area (TPSA) is 58.3 Å². The highest BCUT2D eigenvalue weighted by molar-refractivity contribution is 7.21. The Balaban J connectivity index is 1.72. The minimum atomic E-state index is 0.198. The van der Waals surface area contributed by atoms with E-state index in [4.69, 9.17) is 9.52 Å². The number of thiazole rings is 1. The number of furan rings is 1. The molecule has 110 valence electrons. The van der Waals surface area contributed by atoms with Crippen LogP contribution in [0.4, 0.5) is 0 Å². The van der Waals surface area contributed by atoms with Crippen LogP contribution in [0.1, 0.15) is 19.1 Å². The van der Waals surface area contributed by atoms with Gasteiger partial charge in [-0.25, -0.2) is 4.98 Å². The lowest BCUT2D eigenvalue weighted by Gasteiger charge is -2.10. The molecule has 2 heterocycles. The number of nitrogens with one attached hydrogen (secondary N) is 1. The first kappa shape index (κ1) is 14.3. The standard InChI is InChI=1S/C16H18N2O2S/c1-11(8-9-19)17-10-12-6-7-14(20-12)16-18-13-4-2-3-5-15(13)21-16/h2-7,11,17,19H,8-10H2,1H3. The molecule has 0 saturated carbocycles. The number of benzene rings is 1. The Morgan fingerprint density at radius 2 is 2.14 bits per heavy atom. The van der Waals surface area contributed by atoms with E-state index in [-0.39, 0.29) is 12.6 Å². The van der Waals surface area contributed by atoms with Gasteiger partial charge in [-0.15, -0.1) is 11.3 Å². The number of aromatic nitrogens is 1. The second-order valence-electron chi connectivity index (χ2n) is 5.05. The van der Waals surface area contributed by atoms with Crippen LogP contribution in [-0.2, 0) is 6.54 Å². The molecule has 0 saturated heterocycles. The van der Waals surface area contributed by atoms with E-state index in [2.05, 4.69) is 16.4 Å². The van der Waals surface area contributed by atoms with Crippen LogP contribution in [0.25, 0.3) is 21.0 Å². The van der Waals surface area contributed by atoms with Gasteiger partial charge in [0.15, 0.2) is 10.8 Å². The molecule has 3 rings (SSSR count). The summed E-state index contributed by atoms with van der Waals surface area (Å²) in [5, 5.41) is 13.1. The van der Waals surface area contributed by atoms with Crippen molar-refractivity contribution in [1.82, 2.24) is 10.3 Å². The summed E-state index contributed by atoms with van der Waals surface area (Å²) >= 11 is 1.64. The van der Waals surface area contributed by atoms with Crippen molar-refractivity contribution < 1.29 is 9.52 Å². The van der Waals surface area contributed by atoms with Crippen LogP contribution >= 0.6 is 11.3 Å². The minimum Gasteiger partial charge on any atom is -0.457 e. The molecule has 0 aliphatic heterocycles. The molecule has 2 aromatic heterocycles. The van der Waals surface area contributed by atoms with Crippen molar-refractivity contribution in [3.63, 3.8) is 0 Å². The van der Waals surface area contributed by atoms with E-state index in [1.807, 2.05) is 37.3 Å². The van der Waals surface area contributed by atoms with Crippen LogP contribution < -0.4 is 5.32 Å². The van der Waals surface area contributed by atoms with Crippen LogP contribution in [-0.4, -0.2) is 22.7 Å². The molecule has 21 heavy (non-hydrogen) atoms. The molecule has 0 aliphatic carbocycles. The predicted octanol–water partition coefficient (Wildman–Crippen LogP) is 3.42. The van der Waals surface area contributed by atoms with Crippen LogP contribution in [0.15, 0.2) is 40.8 Å². The second-order valence-corrected chi connectivity index (χ2v) is 6.08. The highest BCUT2D eigenvalue weighted by Crippen LogP contribution is 2.31. The molecule has 0 amide bonds. The number of hydrogen-bond donors (Lipinski definition) is 2. The minimum absolute atomic E-state index is 0.198. The highest BCUT2D eigenvalue weighted by atomic mass is 32.1. The number of nitrogens with zero attached hydrogens (tertiary/aromatic N) is 1. The van der Waals surface area contributed by atoms with Crippen molar-refractivity contribution in [2.45, 2.75) is 25.9 Å². The number of aliphatic hydroxyl groups is 1. The van der Waals surface area contributed by atoms with E-state index < -0.39 is 0 Å². The average molecular weight is 302 g/mol. The van der Waals surface area contributed by atoms with Crippen molar-refractivity contribution >= 4 is 21.6 Å². The van der Waals surface area contributed by atoms with Crippen molar-refractivity contribution in [1.29, 1.82) is 0 Å². The fraction of sp³-hybridized carbons (Fsp3) is 0.312. The molecular formula is C16H18N2O2S. The zero-order valence-electron chi connectivity index (χ0n) is 11.9. The van der Waals surface area contributed by atoms with Gasteiger partial charge >= 0.3 is 0 Å². The SMILES string of the molecule is CC(CCO)NCc1ccc(-c2nc3ccccc3s2)o1. The third kappa shape index (κ3) is 3.32. The molecule has 3 aromatic rings. The van der Waals surface area contributed by atoms with E-state index >= 15 is 0 Å². The number of rotatable bonds is 6. The smallest absolute Gasteiger partial charge is 0.163 e. The molecule has 0 bridgehead atoms. The predicted molar refractivity (Wildman–Crippen MR) is 85.3 cm³/mol. The van der Waals surface area contributed by atoms with E-state index in [1.165, 1.54) is 4.70 Å². The molecule has 0 radical (unpaired) electrons. The van der Waals surface area contributed by atoms with Gasteiger partial charge in [0.2, 0.25) is 0 Å². The summed E-state index contributed by atoms with van der Waals surface area (Å²) in [5.74, 6) is 1.69. The van der Waals surface area contributed by atoms with Gasteiger partial charge in [0, 0.05) is 12.6 Å². The number of fused-ring (bicyclic) bond motifs is 1. The Hall–Kier alpha value is -1.69. The molecule has 0 spiro atoms. The van der Waals surface area contributed by atoms with Crippen molar-refractivity contribution in [2.75, 3.05) is 6.61 Å². The van der Waals surface area contributed by atoms with Crippen LogP contribution in [0.2, 0.25) is 0 Å². The molecule has 4 nitrogen and oxygen atoms in total. The summed E-state index contributed by atoms with van der Waals surface area (Å²) in [7, 11) is 0. The molecule has 1 atom stereocenters. The summed E-state index contributed by atoms with van der Waals surface area (Å²) in [6.07, 6.45) is 0.742. The summed E-state index contributed by atoms with van der Waals surface area (Å²) < 4.78 is 7.02. The molecule has 2 N–H and O–H groups in total. The lowest BCUT2D eigenvalue weighted by atomic mass is 10.2. The highest BCUT2D eigenvalue weighted by Gasteiger charge is 2.10. The zero-order chi connectivity index (χ0) is 14.7. The van der Waals surface area contributed by atoms with Gasteiger partial charge in [0.1, 0.15) is 5.76 Å². The third-order valence-corrected chi connectivity index (χ3v) is 4.40. The Kier molecular flexibility index (Phi) is 4.34. The molecule has 5 heteroatoms. The summed E-state index contributed by atoms with van der Waals surface area (Å²) in [6.45, 7) is 2.91. The first-order valence-electron chi connectivity index (χ1n) is 7.05. The Morgan fingerprint density at radius 1 is 1.29 bits per heavy atom. The zero-order valence-corrected chi connectivity index (χ0v) is 12.7. The van der Waals surface area contributed by atoms with Crippen molar-refractivity contribution in [2.24, 2.45) is 0 Å². The van der Waals surface area contributed by atoms with Gasteiger partial charge in [-0.2, -0.15) is 0 Å². The Morgan fingerprint density at radius 3 is 2.95 bits per heavy atom. The van der Waals surface area contributed by atoms with E-state index in [0.29, 0.717) is 6.54 Å². The van der Waals surface area contributed by atoms with Gasteiger partial charge in [-0.05, 0) is 37.6 Å². The maximum absolute atomic E-state index is 8.89. The largest absolute Gasteiger partial charge is 0.457 e. The van der Waals surface area contributed by atoms with Crippen LogP contribution in [0, 0.1) is 0 Å². The van der Waals surface area contributed by atoms with Crippen LogP contribution in [0.5, 0.6) is 0 Å². The van der Waals surface area contributed by atoms with Crippen molar-refractivity contribution in [3.05, 3.63) is 42.2 Å². The summed E-state index contributed by atoms with van der Waals surface area (Å²) in [6, 6.07) is 12.3. The monoisotopic (exact) mass is 302 g/mol. The van der Waals surface area contributed by atoms with Gasteiger partial charge in [0.05, 0.1) is 16.8 Å². The molecule has 1 aromatic carbocycles. The summed E-state index contributed by atoms with van der Waals surface area (Å²) in [5.41, 5.74) is 1.00.